The molecule has 0 saturated heterocycles. The van der Waals surface area contributed by atoms with E-state index < -0.39 is 0 Å². The lowest BCUT2D eigenvalue weighted by atomic mass is 9.97. The van der Waals surface area contributed by atoms with Crippen LogP contribution in [-0.2, 0) is 0 Å². The third-order valence-corrected chi connectivity index (χ3v) is 3.18. The fourth-order valence-electron chi connectivity index (χ4n) is 1.83. The molecule has 20 heavy (non-hydrogen) atoms. The average Bonchev–Trinajstić information content (AvgIpc) is 2.45. The Kier molecular flexibility index (Phi) is 4.49. The quantitative estimate of drug-likeness (QED) is 0.581. The summed E-state index contributed by atoms with van der Waals surface area (Å²) in [7, 11) is 0. The van der Waals surface area contributed by atoms with Crippen LogP contribution >= 0.6 is 11.6 Å². The minimum absolute atomic E-state index is 0.0805. The smallest absolute Gasteiger partial charge is 0.0894 e. The van der Waals surface area contributed by atoms with E-state index in [2.05, 4.69) is 50.8 Å². The van der Waals surface area contributed by atoms with Gasteiger partial charge in [-0.15, -0.1) is 5.73 Å². The summed E-state index contributed by atoms with van der Waals surface area (Å²) in [5.41, 5.74) is 6.61. The lowest BCUT2D eigenvalue weighted by Gasteiger charge is -2.09. The zero-order chi connectivity index (χ0) is 14.6. The maximum atomic E-state index is 6.35. The molecule has 0 saturated carbocycles. The first-order valence-electron chi connectivity index (χ1n) is 6.75. The van der Waals surface area contributed by atoms with Gasteiger partial charge < -0.3 is 0 Å². The van der Waals surface area contributed by atoms with Gasteiger partial charge in [-0.05, 0) is 28.7 Å². The van der Waals surface area contributed by atoms with Crippen molar-refractivity contribution in [1.82, 2.24) is 0 Å². The molecular formula is C19H19Cl. The van der Waals surface area contributed by atoms with Gasteiger partial charge in [-0.2, -0.15) is 0 Å². The largest absolute Gasteiger partial charge is 0.104 e. The third-order valence-electron chi connectivity index (χ3n) is 2.86. The summed E-state index contributed by atoms with van der Waals surface area (Å²) in [5, 5.41) is 0.651. The molecule has 0 bridgehead atoms. The summed E-state index contributed by atoms with van der Waals surface area (Å²) in [6.07, 6.45) is 2.00. The van der Waals surface area contributed by atoms with Crippen LogP contribution in [0.1, 0.15) is 26.3 Å². The van der Waals surface area contributed by atoms with Crippen molar-refractivity contribution in [3.63, 3.8) is 0 Å². The summed E-state index contributed by atoms with van der Waals surface area (Å²) >= 11 is 6.35. The van der Waals surface area contributed by atoms with Crippen LogP contribution in [0.25, 0.3) is 16.2 Å². The monoisotopic (exact) mass is 282 g/mol. The first-order valence-corrected chi connectivity index (χ1v) is 7.13. The fraction of sp³-hybridized carbons (Fsp3) is 0.211. The number of hydrogen-bond donors (Lipinski definition) is 0. The van der Waals surface area contributed by atoms with Crippen molar-refractivity contribution in [2.75, 3.05) is 0 Å². The molecule has 2 rings (SSSR count). The van der Waals surface area contributed by atoms with Crippen molar-refractivity contribution < 1.29 is 0 Å². The van der Waals surface area contributed by atoms with Crippen molar-refractivity contribution in [1.29, 1.82) is 0 Å². The molecule has 0 amide bonds. The van der Waals surface area contributed by atoms with Gasteiger partial charge in [-0.3, -0.25) is 0 Å². The van der Waals surface area contributed by atoms with Crippen LogP contribution in [0.5, 0.6) is 0 Å². The molecule has 0 N–H and O–H groups in total. The van der Waals surface area contributed by atoms with Crippen LogP contribution in [0.3, 0.4) is 0 Å². The number of hydrogen-bond acceptors (Lipinski definition) is 0. The predicted molar refractivity (Wildman–Crippen MR) is 88.7 cm³/mol. The maximum Gasteiger partial charge on any atom is 0.0894 e. The molecule has 0 aliphatic rings. The van der Waals surface area contributed by atoms with Gasteiger partial charge in [-0.1, -0.05) is 80.9 Å². The summed E-state index contributed by atoms with van der Waals surface area (Å²) in [6, 6.07) is 18.5. The number of benzene rings is 2. The highest BCUT2D eigenvalue weighted by Gasteiger charge is 2.05. The molecule has 2 aromatic carbocycles. The summed E-state index contributed by atoms with van der Waals surface area (Å²) in [6.45, 7) is 6.39. The van der Waals surface area contributed by atoms with Crippen molar-refractivity contribution in [2.45, 2.75) is 20.8 Å². The minimum atomic E-state index is 0.0805. The number of allylic oxidation sites excluding steroid dienone is 1. The molecule has 1 heteroatoms. The highest BCUT2D eigenvalue weighted by Crippen LogP contribution is 2.25. The van der Waals surface area contributed by atoms with E-state index in [0.717, 1.165) is 5.56 Å². The van der Waals surface area contributed by atoms with Gasteiger partial charge in [0.05, 0.1) is 5.03 Å². The van der Waals surface area contributed by atoms with E-state index in [-0.39, 0.29) is 5.41 Å². The number of halogens is 1. The molecule has 0 spiro atoms. The van der Waals surface area contributed by atoms with Crippen LogP contribution in [0, 0.1) is 5.41 Å². The van der Waals surface area contributed by atoms with Crippen molar-refractivity contribution in [3.8, 4) is 11.1 Å². The Balaban J connectivity index is 2.39. The highest BCUT2D eigenvalue weighted by molar-refractivity contribution is 6.48. The van der Waals surface area contributed by atoms with E-state index in [1.807, 2.05) is 36.4 Å². The van der Waals surface area contributed by atoms with E-state index in [4.69, 9.17) is 11.6 Å². The molecule has 0 nitrogen and oxygen atoms in total. The maximum absolute atomic E-state index is 6.35. The van der Waals surface area contributed by atoms with Gasteiger partial charge >= 0.3 is 0 Å². The first kappa shape index (κ1) is 14.7. The van der Waals surface area contributed by atoms with Gasteiger partial charge in [0, 0.05) is 5.56 Å². The van der Waals surface area contributed by atoms with Crippen molar-refractivity contribution in [2.24, 2.45) is 5.41 Å². The van der Waals surface area contributed by atoms with Crippen LogP contribution in [0.4, 0.5) is 0 Å². The normalized spacial score (nSPS) is 10.8. The second-order valence-electron chi connectivity index (χ2n) is 5.92. The van der Waals surface area contributed by atoms with Crippen LogP contribution in [0.2, 0.25) is 0 Å². The molecule has 0 fully saturated rings. The van der Waals surface area contributed by atoms with Gasteiger partial charge in [0.1, 0.15) is 0 Å². The number of rotatable bonds is 2. The molecule has 0 atom stereocenters. The zero-order valence-electron chi connectivity index (χ0n) is 12.2. The Hall–Kier alpha value is -1.75. The second kappa shape index (κ2) is 6.13. The molecule has 0 unspecified atom stereocenters. The lowest BCUT2D eigenvalue weighted by molar-refractivity contribution is 0.545. The Morgan fingerprint density at radius 1 is 0.950 bits per heavy atom. The zero-order valence-corrected chi connectivity index (χ0v) is 12.9. The molecule has 0 aliphatic carbocycles. The molecule has 0 radical (unpaired) electrons. The lowest BCUT2D eigenvalue weighted by Crippen LogP contribution is -1.97. The average molecular weight is 283 g/mol. The second-order valence-corrected chi connectivity index (χ2v) is 6.29. The highest BCUT2D eigenvalue weighted by atomic mass is 35.5. The van der Waals surface area contributed by atoms with E-state index >= 15 is 0 Å². The Morgan fingerprint density at radius 3 is 2.25 bits per heavy atom. The van der Waals surface area contributed by atoms with Crippen LogP contribution in [-0.4, -0.2) is 0 Å². The summed E-state index contributed by atoms with van der Waals surface area (Å²) in [5.74, 6) is 0. The van der Waals surface area contributed by atoms with E-state index in [9.17, 15) is 0 Å². The SMILES string of the molecule is CC(C)(C)C=C=C(Cl)c1cccc(-c2ccccc2)c1. The Morgan fingerprint density at radius 2 is 1.60 bits per heavy atom. The fourth-order valence-corrected chi connectivity index (χ4v) is 2.00. The van der Waals surface area contributed by atoms with E-state index in [0.29, 0.717) is 5.03 Å². The molecule has 0 heterocycles. The van der Waals surface area contributed by atoms with Gasteiger partial charge in [0.25, 0.3) is 0 Å². The molecule has 102 valence electrons. The molecule has 0 aromatic heterocycles. The van der Waals surface area contributed by atoms with E-state index in [1.54, 1.807) is 0 Å². The first-order chi connectivity index (χ1) is 9.46. The predicted octanol–water partition coefficient (Wildman–Crippen LogP) is 6.13. The molecule has 0 aliphatic heterocycles. The van der Waals surface area contributed by atoms with Crippen LogP contribution < -0.4 is 0 Å². The topological polar surface area (TPSA) is 0 Å². The Labute approximate surface area is 126 Å². The van der Waals surface area contributed by atoms with Crippen molar-refractivity contribution in [3.05, 3.63) is 72.0 Å². The standard InChI is InChI=1S/C19H19Cl/c1-19(2,3)13-12-18(20)17-11-7-10-16(14-17)15-8-5-4-6-9-15/h4-11,13-14H,1-3H3. The van der Waals surface area contributed by atoms with Gasteiger partial charge in [0.2, 0.25) is 0 Å². The minimum Gasteiger partial charge on any atom is -0.104 e. The third kappa shape index (κ3) is 4.13. The Bertz CT molecular complexity index is 639. The van der Waals surface area contributed by atoms with Crippen molar-refractivity contribution >= 4 is 16.6 Å². The summed E-state index contributed by atoms with van der Waals surface area (Å²) in [4.78, 5) is 0. The van der Waals surface area contributed by atoms with Crippen LogP contribution in [0.15, 0.2) is 66.4 Å². The molecule has 2 aromatic rings. The van der Waals surface area contributed by atoms with Gasteiger partial charge in [0.15, 0.2) is 0 Å². The van der Waals surface area contributed by atoms with Gasteiger partial charge in [-0.25, -0.2) is 0 Å². The van der Waals surface area contributed by atoms with E-state index in [1.165, 1.54) is 11.1 Å². The summed E-state index contributed by atoms with van der Waals surface area (Å²) < 4.78 is 0. The molecular weight excluding hydrogens is 264 g/mol.